The molecule has 5 N–H and O–H groups in total. The molecule has 2 heterocycles. The molecule has 0 radical (unpaired) electrons. The van der Waals surface area contributed by atoms with Gasteiger partial charge in [-0.3, -0.25) is 0 Å². The van der Waals surface area contributed by atoms with Crippen LogP contribution in [0.3, 0.4) is 0 Å². The van der Waals surface area contributed by atoms with Crippen molar-refractivity contribution in [3.05, 3.63) is 7.43 Å². The van der Waals surface area contributed by atoms with Gasteiger partial charge in [0.05, 0.1) is 25.9 Å². The molecule has 0 aromatic heterocycles. The van der Waals surface area contributed by atoms with Crippen LogP contribution in [0, 0.1) is 7.43 Å². The Kier molecular flexibility index (Phi) is 25.9. The molecule has 0 aliphatic carbocycles. The van der Waals surface area contributed by atoms with E-state index < -0.39 is 18.8 Å². The van der Waals surface area contributed by atoms with Gasteiger partial charge >= 0.3 is 9.05 Å². The largest absolute Gasteiger partial charge is 0.680 e. The summed E-state index contributed by atoms with van der Waals surface area (Å²) in [5.41, 5.74) is 10.2. The van der Waals surface area contributed by atoms with E-state index >= 15 is 0 Å². The second-order valence-electron chi connectivity index (χ2n) is 3.21. The molecular formula is C10H31N2O5Si2W-. The van der Waals surface area contributed by atoms with Gasteiger partial charge in [0.2, 0.25) is 0 Å². The van der Waals surface area contributed by atoms with Crippen LogP contribution in [0.2, 0.25) is 6.55 Å². The first kappa shape index (κ1) is 28.9. The molecule has 2 saturated heterocycles. The minimum atomic E-state index is -2.63. The van der Waals surface area contributed by atoms with Crippen molar-refractivity contribution in [1.29, 1.82) is 0 Å². The minimum Gasteiger partial charge on any atom is -0.438 e. The molecule has 2 aliphatic rings. The van der Waals surface area contributed by atoms with Gasteiger partial charge in [-0.1, -0.05) is 20.9 Å². The molecule has 0 saturated carbocycles. The van der Waals surface area contributed by atoms with Crippen molar-refractivity contribution >= 4 is 18.8 Å². The van der Waals surface area contributed by atoms with Gasteiger partial charge in [0.15, 0.2) is 9.76 Å². The normalized spacial score (nSPS) is 21.8. The van der Waals surface area contributed by atoms with E-state index in [0.29, 0.717) is 26.4 Å². The molecule has 2 fully saturated rings. The van der Waals surface area contributed by atoms with Crippen LogP contribution in [0.25, 0.3) is 0 Å². The molecule has 0 amide bonds. The summed E-state index contributed by atoms with van der Waals surface area (Å²) in [4.78, 5) is 7.71. The van der Waals surface area contributed by atoms with E-state index in [4.69, 9.17) is 34.0 Å². The number of hydrogen-bond acceptors (Lipinski definition) is 7. The van der Waals surface area contributed by atoms with E-state index in [1.54, 1.807) is 0 Å². The standard InChI is InChI=1S/C5H11NO4Si.C2H7N.CH6OSi.CH4.CH3.W/c6-3-5-4-9-11(10-5)7-1-2-8-11;1-2-3;1-3-2;;;/h5H,1-4,6H2;2-3H2,1H3;2H,3H2,1H3;1H4;1H3;/q;;;;-1;. The number of rotatable bonds is 1. The van der Waals surface area contributed by atoms with Gasteiger partial charge in [0, 0.05) is 27.6 Å². The van der Waals surface area contributed by atoms with Crippen LogP contribution in [0.1, 0.15) is 14.4 Å². The van der Waals surface area contributed by atoms with E-state index in [0.717, 1.165) is 6.54 Å². The van der Waals surface area contributed by atoms with Crippen LogP contribution in [0.4, 0.5) is 0 Å². The summed E-state index contributed by atoms with van der Waals surface area (Å²) in [5, 5.41) is 0. The molecule has 1 unspecified atom stereocenters. The van der Waals surface area contributed by atoms with Crippen LogP contribution >= 0.6 is 0 Å². The van der Waals surface area contributed by atoms with Crippen LogP contribution in [-0.2, 0) is 38.8 Å². The van der Waals surface area contributed by atoms with Crippen molar-refractivity contribution in [2.24, 2.45) is 11.5 Å². The molecule has 0 aromatic carbocycles. The van der Waals surface area contributed by atoms with Gasteiger partial charge in [-0.25, -0.2) is 0 Å². The zero-order valence-electron chi connectivity index (χ0n) is 12.0. The van der Waals surface area contributed by atoms with Crippen molar-refractivity contribution < 1.29 is 43.6 Å². The van der Waals surface area contributed by atoms with Crippen LogP contribution in [-0.4, -0.2) is 62.6 Å². The molecule has 20 heavy (non-hydrogen) atoms. The van der Waals surface area contributed by atoms with E-state index in [9.17, 15) is 0 Å². The summed E-state index contributed by atoms with van der Waals surface area (Å²) >= 11 is 0. The molecule has 1 spiro atoms. The summed E-state index contributed by atoms with van der Waals surface area (Å²) in [5.74, 6) is 0. The van der Waals surface area contributed by atoms with Crippen molar-refractivity contribution in [2.45, 2.75) is 27.0 Å². The molecule has 126 valence electrons. The maximum atomic E-state index is 7.71. The average molecular weight is 499 g/mol. The fraction of sp³-hybridized carbons (Fsp3) is 0.900. The molecule has 2 rings (SSSR count). The summed E-state index contributed by atoms with van der Waals surface area (Å²) in [6.07, 6.45) is -0.0419. The van der Waals surface area contributed by atoms with Crippen molar-refractivity contribution in [3.8, 4) is 0 Å². The number of hydrogen-bond donors (Lipinski definition) is 3. The van der Waals surface area contributed by atoms with Crippen molar-refractivity contribution in [1.82, 2.24) is 0 Å². The van der Waals surface area contributed by atoms with Gasteiger partial charge in [0.25, 0.3) is 0 Å². The SMILES string of the molecule is C.CCN.C[SiH2]O.NCC1CO[Si]2(OCCO2)O1.[CH3-].[W]. The van der Waals surface area contributed by atoms with E-state index in [1.807, 2.05) is 13.5 Å². The van der Waals surface area contributed by atoms with E-state index in [-0.39, 0.29) is 42.0 Å². The fourth-order valence-corrected chi connectivity index (χ4v) is 3.19. The van der Waals surface area contributed by atoms with Crippen LogP contribution in [0.15, 0.2) is 0 Å². The summed E-state index contributed by atoms with van der Waals surface area (Å²) in [6, 6.07) is 0. The van der Waals surface area contributed by atoms with Gasteiger partial charge in [0.1, 0.15) is 0 Å². The van der Waals surface area contributed by atoms with Gasteiger partial charge in [-0.2, -0.15) is 0 Å². The maximum Gasteiger partial charge on any atom is 0.680 e. The van der Waals surface area contributed by atoms with E-state index in [1.165, 1.54) is 0 Å². The van der Waals surface area contributed by atoms with Crippen molar-refractivity contribution in [2.75, 3.05) is 32.9 Å². The topological polar surface area (TPSA) is 109 Å². The molecule has 0 bridgehead atoms. The Morgan fingerprint density at radius 1 is 1.25 bits per heavy atom. The predicted octanol–water partition coefficient (Wildman–Crippen LogP) is -0.998. The first-order valence-electron chi connectivity index (χ1n) is 5.78. The summed E-state index contributed by atoms with van der Waals surface area (Å²) < 4.78 is 21.2. The summed E-state index contributed by atoms with van der Waals surface area (Å²) in [7, 11) is -3.22. The molecule has 7 nitrogen and oxygen atoms in total. The smallest absolute Gasteiger partial charge is 0.438 e. The monoisotopic (exact) mass is 499 g/mol. The Hall–Kier alpha value is 0.842. The average Bonchev–Trinajstić information content (AvgIpc) is 2.92. The Bertz CT molecular complexity index is 189. The molecule has 0 aromatic rings. The van der Waals surface area contributed by atoms with Crippen LogP contribution < -0.4 is 11.5 Å². The molecule has 1 atom stereocenters. The third kappa shape index (κ3) is 11.5. The van der Waals surface area contributed by atoms with E-state index in [2.05, 4.69) is 0 Å². The second kappa shape index (κ2) is 17.9. The third-order valence-corrected chi connectivity index (χ3v) is 3.92. The first-order chi connectivity index (χ1) is 8.17. The first-order valence-corrected chi connectivity index (χ1v) is 9.46. The fourth-order valence-electron chi connectivity index (χ4n) is 1.11. The number of nitrogens with two attached hydrogens (primary N) is 2. The van der Waals surface area contributed by atoms with Crippen molar-refractivity contribution in [3.63, 3.8) is 0 Å². The van der Waals surface area contributed by atoms with Crippen LogP contribution in [0.5, 0.6) is 0 Å². The van der Waals surface area contributed by atoms with Gasteiger partial charge < -0.3 is 41.4 Å². The maximum absolute atomic E-state index is 7.71. The predicted molar refractivity (Wildman–Crippen MR) is 82.0 cm³/mol. The quantitative estimate of drug-likeness (QED) is 0.314. The zero-order valence-corrected chi connectivity index (χ0v) is 17.3. The van der Waals surface area contributed by atoms with Gasteiger partial charge in [-0.15, -0.1) is 0 Å². The zero-order chi connectivity index (χ0) is 13.1. The minimum absolute atomic E-state index is 0. The second-order valence-corrected chi connectivity index (χ2v) is 5.94. The molecule has 10 heteroatoms. The molecule has 2 aliphatic heterocycles. The Morgan fingerprint density at radius 2 is 1.65 bits per heavy atom. The Morgan fingerprint density at radius 3 is 1.95 bits per heavy atom. The third-order valence-electron chi connectivity index (χ3n) is 1.66. The summed E-state index contributed by atoms with van der Waals surface area (Å²) in [6.45, 7) is 6.58. The molecular weight excluding hydrogens is 468 g/mol. The Labute approximate surface area is 141 Å². The van der Waals surface area contributed by atoms with Gasteiger partial charge in [-0.05, 0) is 6.54 Å². The Balaban J connectivity index is -0.000000125.